The summed E-state index contributed by atoms with van der Waals surface area (Å²) in [7, 11) is 5.72. The third-order valence-electron chi connectivity index (χ3n) is 3.88. The lowest BCUT2D eigenvalue weighted by Gasteiger charge is -2.25. The second-order valence-electron chi connectivity index (χ2n) is 6.39. The molecule has 0 aliphatic heterocycles. The molecule has 0 rings (SSSR count). The molecule has 0 bridgehead atoms. The van der Waals surface area contributed by atoms with Crippen LogP contribution in [0, 0.1) is 0 Å². The van der Waals surface area contributed by atoms with Crippen LogP contribution in [0.2, 0.25) is 0 Å². The molecule has 0 aliphatic rings. The molecule has 0 atom stereocenters. The van der Waals surface area contributed by atoms with Crippen LogP contribution in [0.3, 0.4) is 0 Å². The summed E-state index contributed by atoms with van der Waals surface area (Å²) in [5.41, 5.74) is 0. The molecule has 1 N–H and O–H groups in total. The lowest BCUT2D eigenvalue weighted by molar-refractivity contribution is -0.146. The van der Waals surface area contributed by atoms with Crippen LogP contribution < -0.4 is 5.32 Å². The summed E-state index contributed by atoms with van der Waals surface area (Å²) in [6.45, 7) is 5.73. The van der Waals surface area contributed by atoms with Crippen molar-refractivity contribution in [1.29, 1.82) is 0 Å². The summed E-state index contributed by atoms with van der Waals surface area (Å²) >= 11 is 0. The quantitative estimate of drug-likeness (QED) is 0.132. The molecule has 0 aromatic carbocycles. The summed E-state index contributed by atoms with van der Waals surface area (Å²) in [5, 5.41) is 3.00. The molecule has 11 nitrogen and oxygen atoms in total. The fourth-order valence-electron chi connectivity index (χ4n) is 2.16. The monoisotopic (exact) mass is 449 g/mol. The standard InChI is InChI=1S/C14H24N2O7.C6H15NO/c1-21-12(18)9-15(5-4-8-17)6-7-16(10-13(19)22-2)11-14(20)23-3;1-3-5-8-6-4-7-2/h8H,4-7,9-11H2,1-3H3;7H,3-6H2,1-2H3. The normalized spacial score (nSPS) is 10.3. The van der Waals surface area contributed by atoms with E-state index in [2.05, 4.69) is 26.5 Å². The Kier molecular flexibility index (Phi) is 22.7. The molecule has 0 amide bonds. The van der Waals surface area contributed by atoms with E-state index in [1.807, 2.05) is 7.05 Å². The summed E-state index contributed by atoms with van der Waals surface area (Å²) in [5.74, 6) is -1.40. The molecule has 0 radical (unpaired) electrons. The Bertz CT molecular complexity index is 467. The molecule has 0 aromatic rings. The van der Waals surface area contributed by atoms with Crippen LogP contribution in [0.1, 0.15) is 19.8 Å². The molecule has 0 heterocycles. The van der Waals surface area contributed by atoms with Gasteiger partial charge in [-0.05, 0) is 13.5 Å². The zero-order chi connectivity index (χ0) is 23.9. The summed E-state index contributed by atoms with van der Waals surface area (Å²) in [6, 6.07) is 0. The van der Waals surface area contributed by atoms with Gasteiger partial charge in [0.15, 0.2) is 0 Å². The molecule has 31 heavy (non-hydrogen) atoms. The SMILES string of the molecule is CCCOCCNC.COC(=O)CN(CCC=O)CCN(CC(=O)OC)CC(=O)OC. The number of likely N-dealkylation sites (N-methyl/N-ethyl adjacent to an activating group) is 1. The van der Waals surface area contributed by atoms with Gasteiger partial charge in [-0.3, -0.25) is 24.2 Å². The van der Waals surface area contributed by atoms with Crippen LogP contribution in [0.4, 0.5) is 0 Å². The van der Waals surface area contributed by atoms with Crippen LogP contribution in [0.15, 0.2) is 0 Å². The second-order valence-corrected chi connectivity index (χ2v) is 6.39. The van der Waals surface area contributed by atoms with Gasteiger partial charge in [0.1, 0.15) is 6.29 Å². The van der Waals surface area contributed by atoms with Gasteiger partial charge in [-0.1, -0.05) is 6.92 Å². The first kappa shape index (κ1) is 31.1. The Morgan fingerprint density at radius 3 is 1.71 bits per heavy atom. The number of carbonyl (C=O) groups is 4. The fraction of sp³-hybridized carbons (Fsp3) is 0.800. The minimum absolute atomic E-state index is 0.0224. The first-order chi connectivity index (χ1) is 14.9. The number of methoxy groups -OCH3 is 3. The molecule has 0 saturated carbocycles. The number of hydrogen-bond acceptors (Lipinski definition) is 11. The highest BCUT2D eigenvalue weighted by atomic mass is 16.5. The van der Waals surface area contributed by atoms with Crippen LogP contribution in [0.5, 0.6) is 0 Å². The van der Waals surface area contributed by atoms with Gasteiger partial charge >= 0.3 is 17.9 Å². The lowest BCUT2D eigenvalue weighted by Crippen LogP contribution is -2.42. The Morgan fingerprint density at radius 2 is 1.29 bits per heavy atom. The topological polar surface area (TPSA) is 124 Å². The number of nitrogens with zero attached hydrogens (tertiary/aromatic N) is 2. The van der Waals surface area contributed by atoms with E-state index >= 15 is 0 Å². The van der Waals surface area contributed by atoms with Crippen molar-refractivity contribution in [2.24, 2.45) is 0 Å². The highest BCUT2D eigenvalue weighted by Gasteiger charge is 2.18. The minimum atomic E-state index is -0.485. The molecule has 0 aromatic heterocycles. The van der Waals surface area contributed by atoms with Crippen LogP contribution >= 0.6 is 0 Å². The molecule has 0 saturated heterocycles. The maximum absolute atomic E-state index is 11.4. The van der Waals surface area contributed by atoms with Gasteiger partial charge in [0, 0.05) is 39.2 Å². The Morgan fingerprint density at radius 1 is 0.806 bits per heavy atom. The van der Waals surface area contributed by atoms with Crippen molar-refractivity contribution in [1.82, 2.24) is 15.1 Å². The van der Waals surface area contributed by atoms with E-state index in [1.54, 1.807) is 9.80 Å². The molecular formula is C20H39N3O8. The fourth-order valence-corrected chi connectivity index (χ4v) is 2.16. The molecule has 11 heteroatoms. The third kappa shape index (κ3) is 21.0. The van der Waals surface area contributed by atoms with Crippen molar-refractivity contribution >= 4 is 24.2 Å². The second kappa shape index (κ2) is 22.6. The van der Waals surface area contributed by atoms with E-state index in [1.165, 1.54) is 21.3 Å². The predicted molar refractivity (Wildman–Crippen MR) is 115 cm³/mol. The van der Waals surface area contributed by atoms with E-state index in [-0.39, 0.29) is 26.1 Å². The molecule has 0 spiro atoms. The van der Waals surface area contributed by atoms with E-state index in [4.69, 9.17) is 4.74 Å². The Hall–Kier alpha value is -2.08. The number of rotatable bonds is 17. The minimum Gasteiger partial charge on any atom is -0.468 e. The van der Waals surface area contributed by atoms with E-state index < -0.39 is 17.9 Å². The number of nitrogens with one attached hydrogen (secondary N) is 1. The maximum atomic E-state index is 11.4. The highest BCUT2D eigenvalue weighted by Crippen LogP contribution is 1.97. The summed E-state index contributed by atoms with van der Waals surface area (Å²) < 4.78 is 18.9. The number of hydrogen-bond donors (Lipinski definition) is 1. The molecule has 182 valence electrons. The molecule has 0 aliphatic carbocycles. The van der Waals surface area contributed by atoms with Gasteiger partial charge < -0.3 is 29.1 Å². The average molecular weight is 450 g/mol. The third-order valence-corrected chi connectivity index (χ3v) is 3.88. The smallest absolute Gasteiger partial charge is 0.319 e. The van der Waals surface area contributed by atoms with Gasteiger partial charge in [0.2, 0.25) is 0 Å². The number of aldehydes is 1. The molecule has 0 unspecified atom stereocenters. The van der Waals surface area contributed by atoms with Gasteiger partial charge in [-0.15, -0.1) is 0 Å². The maximum Gasteiger partial charge on any atom is 0.319 e. The largest absolute Gasteiger partial charge is 0.468 e. The van der Waals surface area contributed by atoms with E-state index in [0.29, 0.717) is 19.6 Å². The van der Waals surface area contributed by atoms with E-state index in [0.717, 1.165) is 32.5 Å². The van der Waals surface area contributed by atoms with E-state index in [9.17, 15) is 19.2 Å². The molecule has 0 fully saturated rings. The number of ether oxygens (including phenoxy) is 4. The van der Waals surface area contributed by atoms with Gasteiger partial charge in [0.25, 0.3) is 0 Å². The zero-order valence-electron chi connectivity index (χ0n) is 19.5. The zero-order valence-corrected chi connectivity index (χ0v) is 19.5. The van der Waals surface area contributed by atoms with Crippen molar-refractivity contribution in [2.75, 3.05) is 87.4 Å². The van der Waals surface area contributed by atoms with Gasteiger partial charge in [-0.25, -0.2) is 0 Å². The van der Waals surface area contributed by atoms with Crippen molar-refractivity contribution < 1.29 is 38.1 Å². The van der Waals surface area contributed by atoms with Gasteiger partial charge in [-0.2, -0.15) is 0 Å². The first-order valence-electron chi connectivity index (χ1n) is 10.2. The van der Waals surface area contributed by atoms with Crippen LogP contribution in [-0.2, 0) is 38.1 Å². The number of esters is 3. The first-order valence-corrected chi connectivity index (χ1v) is 10.2. The lowest BCUT2D eigenvalue weighted by atomic mass is 10.3. The Balaban J connectivity index is 0. The van der Waals surface area contributed by atoms with Gasteiger partial charge in [0.05, 0.1) is 47.6 Å². The Labute approximate surface area is 185 Å². The van der Waals surface area contributed by atoms with Crippen molar-refractivity contribution in [2.45, 2.75) is 19.8 Å². The number of carbonyl (C=O) groups excluding carboxylic acids is 4. The van der Waals surface area contributed by atoms with Crippen LogP contribution in [0.25, 0.3) is 0 Å². The van der Waals surface area contributed by atoms with Crippen molar-refractivity contribution in [3.63, 3.8) is 0 Å². The summed E-state index contributed by atoms with van der Waals surface area (Å²) in [6.07, 6.45) is 2.14. The molecular weight excluding hydrogens is 410 g/mol. The van der Waals surface area contributed by atoms with Crippen molar-refractivity contribution in [3.05, 3.63) is 0 Å². The average Bonchev–Trinajstić information content (AvgIpc) is 2.78. The summed E-state index contributed by atoms with van der Waals surface area (Å²) in [4.78, 5) is 47.9. The van der Waals surface area contributed by atoms with Crippen molar-refractivity contribution in [3.8, 4) is 0 Å². The predicted octanol–water partition coefficient (Wildman–Crippen LogP) is -0.669. The van der Waals surface area contributed by atoms with Crippen LogP contribution in [-0.4, -0.2) is 121 Å². The highest BCUT2D eigenvalue weighted by molar-refractivity contribution is 5.74.